The van der Waals surface area contributed by atoms with E-state index in [-0.39, 0.29) is 0 Å². The highest BCUT2D eigenvalue weighted by Crippen LogP contribution is 2.49. The third kappa shape index (κ3) is 2.16. The number of hydrogen-bond acceptors (Lipinski definition) is 2. The fourth-order valence-electron chi connectivity index (χ4n) is 1.97. The maximum absolute atomic E-state index is 5.37. The van der Waals surface area contributed by atoms with Crippen molar-refractivity contribution >= 4 is 5.69 Å². The summed E-state index contributed by atoms with van der Waals surface area (Å²) < 4.78 is 5.37. The lowest BCUT2D eigenvalue weighted by Crippen LogP contribution is -2.25. The molecule has 2 nitrogen and oxygen atoms in total. The van der Waals surface area contributed by atoms with Gasteiger partial charge in [0.2, 0.25) is 0 Å². The highest BCUT2D eigenvalue weighted by atomic mass is 16.5. The quantitative estimate of drug-likeness (QED) is 0.835. The van der Waals surface area contributed by atoms with E-state index in [0.717, 1.165) is 11.4 Å². The van der Waals surface area contributed by atoms with Gasteiger partial charge in [-0.15, -0.1) is 0 Å². The maximum atomic E-state index is 5.37. The van der Waals surface area contributed by atoms with Gasteiger partial charge in [0, 0.05) is 6.04 Å². The maximum Gasteiger partial charge on any atom is 0.141 e. The molecule has 0 bridgehead atoms. The number of ether oxygens (including phenoxy) is 1. The van der Waals surface area contributed by atoms with Crippen LogP contribution < -0.4 is 10.1 Å². The van der Waals surface area contributed by atoms with Gasteiger partial charge < -0.3 is 10.1 Å². The molecule has 1 aliphatic carbocycles. The summed E-state index contributed by atoms with van der Waals surface area (Å²) in [5.74, 6) is 0.932. The molecule has 1 N–H and O–H groups in total. The van der Waals surface area contributed by atoms with Crippen molar-refractivity contribution in [3.05, 3.63) is 23.8 Å². The molecule has 0 saturated heterocycles. The van der Waals surface area contributed by atoms with Gasteiger partial charge in [-0.1, -0.05) is 13.0 Å². The molecule has 88 valence electrons. The molecule has 1 aromatic rings. The Labute approximate surface area is 98.0 Å². The van der Waals surface area contributed by atoms with Gasteiger partial charge in [-0.25, -0.2) is 0 Å². The van der Waals surface area contributed by atoms with Crippen LogP contribution in [0.25, 0.3) is 0 Å². The Balaban J connectivity index is 2.16. The third-order valence-corrected chi connectivity index (χ3v) is 3.81. The van der Waals surface area contributed by atoms with Gasteiger partial charge >= 0.3 is 0 Å². The minimum absolute atomic E-state index is 0.481. The SMILES string of the molecule is COc1ccc(C)cc1NC(C)C1(C)CC1. The van der Waals surface area contributed by atoms with Gasteiger partial charge in [0.05, 0.1) is 12.8 Å². The Kier molecular flexibility index (Phi) is 2.83. The summed E-state index contributed by atoms with van der Waals surface area (Å²) in [6, 6.07) is 6.76. The molecule has 1 aliphatic rings. The molecule has 1 atom stereocenters. The topological polar surface area (TPSA) is 21.3 Å². The monoisotopic (exact) mass is 219 g/mol. The lowest BCUT2D eigenvalue weighted by molar-refractivity contribution is 0.413. The Morgan fingerprint density at radius 3 is 2.62 bits per heavy atom. The number of methoxy groups -OCH3 is 1. The number of nitrogens with one attached hydrogen (secondary N) is 1. The van der Waals surface area contributed by atoms with E-state index in [1.165, 1.54) is 18.4 Å². The first-order valence-electron chi connectivity index (χ1n) is 5.96. The van der Waals surface area contributed by atoms with Crippen molar-refractivity contribution in [2.24, 2.45) is 5.41 Å². The molecule has 1 saturated carbocycles. The van der Waals surface area contributed by atoms with E-state index in [0.29, 0.717) is 11.5 Å². The van der Waals surface area contributed by atoms with Crippen LogP contribution in [0.5, 0.6) is 5.75 Å². The molecule has 0 amide bonds. The van der Waals surface area contributed by atoms with Crippen molar-refractivity contribution in [1.29, 1.82) is 0 Å². The molecule has 0 heterocycles. The molecular formula is C14H21NO. The van der Waals surface area contributed by atoms with Crippen LogP contribution in [0.2, 0.25) is 0 Å². The summed E-state index contributed by atoms with van der Waals surface area (Å²) in [5.41, 5.74) is 2.86. The second-order valence-corrected chi connectivity index (χ2v) is 5.22. The van der Waals surface area contributed by atoms with Gasteiger partial charge in [-0.3, -0.25) is 0 Å². The molecule has 1 aromatic carbocycles. The first-order valence-corrected chi connectivity index (χ1v) is 5.96. The lowest BCUT2D eigenvalue weighted by Gasteiger charge is -2.23. The summed E-state index contributed by atoms with van der Waals surface area (Å²) >= 11 is 0. The van der Waals surface area contributed by atoms with E-state index in [9.17, 15) is 0 Å². The van der Waals surface area contributed by atoms with Gasteiger partial charge in [0.15, 0.2) is 0 Å². The second kappa shape index (κ2) is 4.00. The van der Waals surface area contributed by atoms with Crippen molar-refractivity contribution in [3.63, 3.8) is 0 Å². The van der Waals surface area contributed by atoms with Crippen LogP contribution in [-0.2, 0) is 0 Å². The Hall–Kier alpha value is -1.18. The fraction of sp³-hybridized carbons (Fsp3) is 0.571. The zero-order chi connectivity index (χ0) is 11.8. The molecular weight excluding hydrogens is 198 g/mol. The molecule has 1 fully saturated rings. The van der Waals surface area contributed by atoms with E-state index >= 15 is 0 Å². The van der Waals surface area contributed by atoms with Gasteiger partial charge in [-0.05, 0) is 49.8 Å². The van der Waals surface area contributed by atoms with E-state index in [1.807, 2.05) is 6.07 Å². The van der Waals surface area contributed by atoms with Crippen LogP contribution in [0.15, 0.2) is 18.2 Å². The van der Waals surface area contributed by atoms with Crippen LogP contribution in [0.4, 0.5) is 5.69 Å². The standard InChI is InChI=1S/C14H21NO/c1-10-5-6-13(16-4)12(9-10)15-11(2)14(3)7-8-14/h5-6,9,11,15H,7-8H2,1-4H3. The van der Waals surface area contributed by atoms with Crippen LogP contribution in [0.1, 0.15) is 32.3 Å². The predicted molar refractivity (Wildman–Crippen MR) is 68.2 cm³/mol. The normalized spacial score (nSPS) is 19.0. The van der Waals surface area contributed by atoms with Crippen molar-refractivity contribution in [2.45, 2.75) is 39.7 Å². The van der Waals surface area contributed by atoms with Crippen molar-refractivity contribution in [3.8, 4) is 5.75 Å². The highest BCUT2D eigenvalue weighted by molar-refractivity contribution is 5.58. The van der Waals surface area contributed by atoms with E-state index in [4.69, 9.17) is 4.74 Å². The Morgan fingerprint density at radius 1 is 1.38 bits per heavy atom. The fourth-order valence-corrected chi connectivity index (χ4v) is 1.97. The lowest BCUT2D eigenvalue weighted by atomic mass is 10.0. The van der Waals surface area contributed by atoms with Crippen LogP contribution in [0.3, 0.4) is 0 Å². The van der Waals surface area contributed by atoms with Gasteiger partial charge in [0.25, 0.3) is 0 Å². The third-order valence-electron chi connectivity index (χ3n) is 3.81. The van der Waals surface area contributed by atoms with Crippen LogP contribution in [-0.4, -0.2) is 13.2 Å². The molecule has 0 radical (unpaired) electrons. The van der Waals surface area contributed by atoms with Gasteiger partial charge in [0.1, 0.15) is 5.75 Å². The number of aryl methyl sites for hydroxylation is 1. The minimum Gasteiger partial charge on any atom is -0.495 e. The average molecular weight is 219 g/mol. The number of rotatable bonds is 4. The summed E-state index contributed by atoms with van der Waals surface area (Å²) in [6.45, 7) is 6.70. The van der Waals surface area contributed by atoms with E-state index in [2.05, 4.69) is 38.2 Å². The zero-order valence-electron chi connectivity index (χ0n) is 10.6. The summed E-state index contributed by atoms with van der Waals surface area (Å²) in [6.07, 6.45) is 2.66. The Bertz CT molecular complexity index is 382. The van der Waals surface area contributed by atoms with E-state index < -0.39 is 0 Å². The van der Waals surface area contributed by atoms with Crippen molar-refractivity contribution in [2.75, 3.05) is 12.4 Å². The number of anilines is 1. The molecule has 1 unspecified atom stereocenters. The van der Waals surface area contributed by atoms with E-state index in [1.54, 1.807) is 7.11 Å². The first-order chi connectivity index (χ1) is 7.55. The average Bonchev–Trinajstić information content (AvgIpc) is 2.98. The summed E-state index contributed by atoms with van der Waals surface area (Å²) in [7, 11) is 1.72. The second-order valence-electron chi connectivity index (χ2n) is 5.22. The smallest absolute Gasteiger partial charge is 0.141 e. The predicted octanol–water partition coefficient (Wildman–Crippen LogP) is 3.60. The minimum atomic E-state index is 0.481. The summed E-state index contributed by atoms with van der Waals surface area (Å²) in [5, 5.41) is 3.58. The summed E-state index contributed by atoms with van der Waals surface area (Å²) in [4.78, 5) is 0. The molecule has 2 rings (SSSR count). The van der Waals surface area contributed by atoms with Crippen molar-refractivity contribution in [1.82, 2.24) is 0 Å². The zero-order valence-corrected chi connectivity index (χ0v) is 10.6. The Morgan fingerprint density at radius 2 is 2.06 bits per heavy atom. The number of hydrogen-bond donors (Lipinski definition) is 1. The molecule has 2 heteroatoms. The molecule has 0 aromatic heterocycles. The van der Waals surface area contributed by atoms with Gasteiger partial charge in [-0.2, -0.15) is 0 Å². The van der Waals surface area contributed by atoms with Crippen LogP contribution in [0, 0.1) is 12.3 Å². The molecule has 16 heavy (non-hydrogen) atoms. The van der Waals surface area contributed by atoms with Crippen LogP contribution >= 0.6 is 0 Å². The molecule has 0 aliphatic heterocycles. The largest absolute Gasteiger partial charge is 0.495 e. The highest BCUT2D eigenvalue weighted by Gasteiger charge is 2.42. The first kappa shape index (κ1) is 11.3. The number of benzene rings is 1. The van der Waals surface area contributed by atoms with Crippen molar-refractivity contribution < 1.29 is 4.74 Å². The molecule has 0 spiro atoms.